The molecule has 0 atom stereocenters. The quantitative estimate of drug-likeness (QED) is 0.811. The van der Waals surface area contributed by atoms with E-state index in [1.165, 1.54) is 0 Å². The molecule has 4 nitrogen and oxygen atoms in total. The van der Waals surface area contributed by atoms with Crippen molar-refractivity contribution >= 4 is 10.9 Å². The van der Waals surface area contributed by atoms with E-state index < -0.39 is 0 Å². The number of hydrogen-bond donors (Lipinski definition) is 1. The average Bonchev–Trinajstić information content (AvgIpc) is 2.39. The monoisotopic (exact) mass is 231 g/mol. The lowest BCUT2D eigenvalue weighted by Crippen LogP contribution is -2.21. The zero-order valence-corrected chi connectivity index (χ0v) is 9.58. The molecule has 2 aromatic rings. The van der Waals surface area contributed by atoms with Gasteiger partial charge in [-0.05, 0) is 18.2 Å². The van der Waals surface area contributed by atoms with Crippen LogP contribution in [-0.2, 0) is 17.8 Å². The molecule has 1 aliphatic rings. The summed E-state index contributed by atoms with van der Waals surface area (Å²) in [6.45, 7) is 1.07. The smallest absolute Gasteiger partial charge is 0.195 e. The maximum absolute atomic E-state index is 12.3. The van der Waals surface area contributed by atoms with E-state index in [0.717, 1.165) is 23.2 Å². The number of benzene rings is 1. The Morgan fingerprint density at radius 3 is 3.12 bits per heavy atom. The molecule has 2 heterocycles. The average molecular weight is 231 g/mol. The number of H-pyrrole nitrogens is 1. The summed E-state index contributed by atoms with van der Waals surface area (Å²) in [5.41, 5.74) is 2.65. The van der Waals surface area contributed by atoms with E-state index in [9.17, 15) is 4.79 Å². The van der Waals surface area contributed by atoms with Gasteiger partial charge in [0.05, 0.1) is 20.3 Å². The molecular formula is C13H13NO3. The van der Waals surface area contributed by atoms with Gasteiger partial charge in [0.15, 0.2) is 5.43 Å². The lowest BCUT2D eigenvalue weighted by atomic mass is 10.1. The van der Waals surface area contributed by atoms with Crippen LogP contribution >= 0.6 is 0 Å². The fraction of sp³-hybridized carbons (Fsp3) is 0.308. The zero-order valence-electron chi connectivity index (χ0n) is 9.58. The second-order valence-corrected chi connectivity index (χ2v) is 4.13. The van der Waals surface area contributed by atoms with E-state index in [0.29, 0.717) is 24.3 Å². The largest absolute Gasteiger partial charge is 0.497 e. The number of rotatable bonds is 1. The van der Waals surface area contributed by atoms with E-state index in [-0.39, 0.29) is 5.43 Å². The molecule has 0 aliphatic carbocycles. The van der Waals surface area contributed by atoms with Crippen LogP contribution < -0.4 is 10.2 Å². The number of hydrogen-bond acceptors (Lipinski definition) is 3. The van der Waals surface area contributed by atoms with Crippen LogP contribution in [0.3, 0.4) is 0 Å². The van der Waals surface area contributed by atoms with Gasteiger partial charge < -0.3 is 14.5 Å². The standard InChI is InChI=1S/C13H13NO3/c1-16-8-2-3-11-9(6-8)13(15)10-7-17-5-4-12(10)14-11/h2-3,6H,4-5,7H2,1H3,(H,14,15). The first kappa shape index (κ1) is 10.4. The number of pyridine rings is 1. The first-order chi connectivity index (χ1) is 8.29. The van der Waals surface area contributed by atoms with Crippen LogP contribution in [0.2, 0.25) is 0 Å². The summed E-state index contributed by atoms with van der Waals surface area (Å²) in [6, 6.07) is 5.50. The molecule has 1 aromatic heterocycles. The van der Waals surface area contributed by atoms with Crippen molar-refractivity contribution in [3.63, 3.8) is 0 Å². The molecule has 0 unspecified atom stereocenters. The molecule has 1 N–H and O–H groups in total. The molecule has 3 rings (SSSR count). The van der Waals surface area contributed by atoms with Crippen molar-refractivity contribution in [1.29, 1.82) is 0 Å². The molecule has 0 radical (unpaired) electrons. The van der Waals surface area contributed by atoms with Gasteiger partial charge in [0, 0.05) is 28.6 Å². The first-order valence-corrected chi connectivity index (χ1v) is 5.59. The predicted molar refractivity (Wildman–Crippen MR) is 64.5 cm³/mol. The van der Waals surface area contributed by atoms with E-state index in [1.807, 2.05) is 12.1 Å². The first-order valence-electron chi connectivity index (χ1n) is 5.59. The highest BCUT2D eigenvalue weighted by Gasteiger charge is 2.16. The summed E-state index contributed by atoms with van der Waals surface area (Å²) in [5.74, 6) is 0.694. The molecule has 0 saturated heterocycles. The van der Waals surface area contributed by atoms with Crippen LogP contribution in [-0.4, -0.2) is 18.7 Å². The highest BCUT2D eigenvalue weighted by Crippen LogP contribution is 2.20. The number of methoxy groups -OCH3 is 1. The van der Waals surface area contributed by atoms with Crippen molar-refractivity contribution < 1.29 is 9.47 Å². The van der Waals surface area contributed by atoms with Crippen LogP contribution in [0.25, 0.3) is 10.9 Å². The minimum Gasteiger partial charge on any atom is -0.497 e. The van der Waals surface area contributed by atoms with Crippen molar-refractivity contribution in [2.75, 3.05) is 13.7 Å². The Balaban J connectivity index is 2.33. The summed E-state index contributed by atoms with van der Waals surface area (Å²) in [4.78, 5) is 15.6. The van der Waals surface area contributed by atoms with Crippen molar-refractivity contribution in [1.82, 2.24) is 4.98 Å². The third-order valence-electron chi connectivity index (χ3n) is 3.14. The second-order valence-electron chi connectivity index (χ2n) is 4.13. The third-order valence-corrected chi connectivity index (χ3v) is 3.14. The molecular weight excluding hydrogens is 218 g/mol. The number of aromatic nitrogens is 1. The molecule has 4 heteroatoms. The molecule has 0 amide bonds. The van der Waals surface area contributed by atoms with Crippen LogP contribution in [0.4, 0.5) is 0 Å². The fourth-order valence-corrected chi connectivity index (χ4v) is 2.20. The SMILES string of the molecule is COc1ccc2[nH]c3c(c(=O)c2c1)COCC3. The van der Waals surface area contributed by atoms with Crippen molar-refractivity contribution in [2.45, 2.75) is 13.0 Å². The van der Waals surface area contributed by atoms with Gasteiger partial charge in [0.25, 0.3) is 0 Å². The van der Waals surface area contributed by atoms with Gasteiger partial charge in [0.2, 0.25) is 0 Å². The Bertz CT molecular complexity index is 630. The highest BCUT2D eigenvalue weighted by atomic mass is 16.5. The van der Waals surface area contributed by atoms with E-state index in [4.69, 9.17) is 9.47 Å². The van der Waals surface area contributed by atoms with Gasteiger partial charge >= 0.3 is 0 Å². The number of fused-ring (bicyclic) bond motifs is 2. The summed E-state index contributed by atoms with van der Waals surface area (Å²) >= 11 is 0. The van der Waals surface area contributed by atoms with Crippen LogP contribution in [0.5, 0.6) is 5.75 Å². The maximum Gasteiger partial charge on any atom is 0.195 e. The summed E-state index contributed by atoms with van der Waals surface area (Å²) in [7, 11) is 1.59. The van der Waals surface area contributed by atoms with Gasteiger partial charge in [-0.25, -0.2) is 0 Å². The Morgan fingerprint density at radius 1 is 1.41 bits per heavy atom. The molecule has 0 bridgehead atoms. The molecule has 1 aliphatic heterocycles. The summed E-state index contributed by atoms with van der Waals surface area (Å²) in [5, 5.41) is 0.661. The number of nitrogens with one attached hydrogen (secondary N) is 1. The predicted octanol–water partition coefficient (Wildman–Crippen LogP) is 1.61. The summed E-state index contributed by atoms with van der Waals surface area (Å²) in [6.07, 6.45) is 0.770. The van der Waals surface area contributed by atoms with Crippen LogP contribution in [0.1, 0.15) is 11.3 Å². The van der Waals surface area contributed by atoms with E-state index in [2.05, 4.69) is 4.98 Å². The van der Waals surface area contributed by atoms with Crippen molar-refractivity contribution in [2.24, 2.45) is 0 Å². The maximum atomic E-state index is 12.3. The topological polar surface area (TPSA) is 51.3 Å². The minimum absolute atomic E-state index is 0.0485. The van der Waals surface area contributed by atoms with Gasteiger partial charge in [-0.3, -0.25) is 4.79 Å². The Kier molecular flexibility index (Phi) is 2.37. The zero-order chi connectivity index (χ0) is 11.8. The van der Waals surface area contributed by atoms with Gasteiger partial charge in [0.1, 0.15) is 5.75 Å². The van der Waals surface area contributed by atoms with Crippen molar-refractivity contribution in [3.8, 4) is 5.75 Å². The Hall–Kier alpha value is -1.81. The normalized spacial score (nSPS) is 14.6. The highest BCUT2D eigenvalue weighted by molar-refractivity contribution is 5.81. The van der Waals surface area contributed by atoms with Crippen LogP contribution in [0.15, 0.2) is 23.0 Å². The lowest BCUT2D eigenvalue weighted by Gasteiger charge is -2.16. The van der Waals surface area contributed by atoms with E-state index >= 15 is 0 Å². The molecule has 0 fully saturated rings. The number of aromatic amines is 1. The van der Waals surface area contributed by atoms with Crippen LogP contribution in [0, 0.1) is 0 Å². The van der Waals surface area contributed by atoms with Gasteiger partial charge in [-0.2, -0.15) is 0 Å². The Labute approximate surface area is 98.2 Å². The van der Waals surface area contributed by atoms with E-state index in [1.54, 1.807) is 13.2 Å². The number of ether oxygens (including phenoxy) is 2. The summed E-state index contributed by atoms with van der Waals surface area (Å²) < 4.78 is 10.5. The van der Waals surface area contributed by atoms with Gasteiger partial charge in [-0.15, -0.1) is 0 Å². The molecule has 17 heavy (non-hydrogen) atoms. The van der Waals surface area contributed by atoms with Gasteiger partial charge in [-0.1, -0.05) is 0 Å². The van der Waals surface area contributed by atoms with Crippen molar-refractivity contribution in [3.05, 3.63) is 39.7 Å². The molecule has 0 spiro atoms. The second kappa shape index (κ2) is 3.89. The molecule has 0 saturated carbocycles. The molecule has 1 aromatic carbocycles. The Morgan fingerprint density at radius 2 is 2.29 bits per heavy atom. The third kappa shape index (κ3) is 1.61. The minimum atomic E-state index is 0.0485. The fourth-order valence-electron chi connectivity index (χ4n) is 2.20. The molecule has 88 valence electrons. The lowest BCUT2D eigenvalue weighted by molar-refractivity contribution is 0.109.